The Hall–Kier alpha value is -1.91. The highest BCUT2D eigenvalue weighted by atomic mass is 19.1. The van der Waals surface area contributed by atoms with Gasteiger partial charge < -0.3 is 9.80 Å². The first-order valence-electron chi connectivity index (χ1n) is 6.92. The quantitative estimate of drug-likeness (QED) is 0.775. The number of rotatable bonds is 2. The third-order valence-electron chi connectivity index (χ3n) is 4.15. The molecule has 3 heterocycles. The van der Waals surface area contributed by atoms with Crippen LogP contribution in [0.2, 0.25) is 0 Å². The van der Waals surface area contributed by atoms with E-state index in [0.717, 1.165) is 24.4 Å². The lowest BCUT2D eigenvalue weighted by molar-refractivity contribution is -0.131. The van der Waals surface area contributed by atoms with Crippen LogP contribution in [0.3, 0.4) is 0 Å². The predicted octanol–water partition coefficient (Wildman–Crippen LogP) is 2.05. The minimum absolute atomic E-state index is 0.0658. The molecule has 20 heavy (non-hydrogen) atoms. The molecular weight excluding hydrogens is 257 g/mol. The summed E-state index contributed by atoms with van der Waals surface area (Å²) in [6.45, 7) is 6.52. The molecule has 0 spiro atoms. The van der Waals surface area contributed by atoms with Gasteiger partial charge in [0.15, 0.2) is 5.83 Å². The standard InChI is InChI=1S/C15H18FN3O/c1-10-4-3-5-14(17-10)18-8-12-6-7-13(9-18)19(12)15(20)11(2)16/h3-5,12-13H,2,6-9H2,1H3. The average Bonchev–Trinajstić information content (AvgIpc) is 2.67. The number of pyridine rings is 1. The van der Waals surface area contributed by atoms with Crippen molar-refractivity contribution in [3.05, 3.63) is 36.3 Å². The van der Waals surface area contributed by atoms with Crippen LogP contribution in [0.1, 0.15) is 18.5 Å². The van der Waals surface area contributed by atoms with Crippen LogP contribution in [0.4, 0.5) is 10.2 Å². The molecule has 4 nitrogen and oxygen atoms in total. The molecule has 106 valence electrons. The Morgan fingerprint density at radius 2 is 2.00 bits per heavy atom. The molecule has 0 saturated carbocycles. The molecule has 1 aromatic heterocycles. The number of halogens is 1. The maximum absolute atomic E-state index is 13.1. The van der Waals surface area contributed by atoms with Gasteiger partial charge in [-0.15, -0.1) is 0 Å². The van der Waals surface area contributed by atoms with Crippen molar-refractivity contribution >= 4 is 11.7 Å². The number of amides is 1. The molecule has 2 aliphatic heterocycles. The second-order valence-electron chi connectivity index (χ2n) is 5.54. The fourth-order valence-electron chi connectivity index (χ4n) is 3.27. The molecule has 1 amide bonds. The monoisotopic (exact) mass is 275 g/mol. The first kappa shape index (κ1) is 13.1. The summed E-state index contributed by atoms with van der Waals surface area (Å²) >= 11 is 0. The normalized spacial score (nSPS) is 24.9. The van der Waals surface area contributed by atoms with Gasteiger partial charge in [0.05, 0.1) is 12.1 Å². The summed E-state index contributed by atoms with van der Waals surface area (Å²) in [6.07, 6.45) is 1.85. The number of piperazine rings is 1. The van der Waals surface area contributed by atoms with Crippen LogP contribution in [0.15, 0.2) is 30.6 Å². The number of carbonyl (C=O) groups is 1. The van der Waals surface area contributed by atoms with Crippen molar-refractivity contribution in [2.24, 2.45) is 0 Å². The van der Waals surface area contributed by atoms with Gasteiger partial charge in [0, 0.05) is 18.8 Å². The number of nitrogens with zero attached hydrogens (tertiary/aromatic N) is 3. The van der Waals surface area contributed by atoms with Crippen LogP contribution in [0, 0.1) is 6.92 Å². The predicted molar refractivity (Wildman–Crippen MR) is 75.1 cm³/mol. The van der Waals surface area contributed by atoms with Gasteiger partial charge in [-0.1, -0.05) is 12.6 Å². The SMILES string of the molecule is C=C(F)C(=O)N1C2CCC1CN(c1cccc(C)n1)C2. The van der Waals surface area contributed by atoms with Crippen LogP contribution < -0.4 is 4.90 Å². The Morgan fingerprint density at radius 3 is 2.55 bits per heavy atom. The van der Waals surface area contributed by atoms with E-state index in [2.05, 4.69) is 16.5 Å². The number of aromatic nitrogens is 1. The summed E-state index contributed by atoms with van der Waals surface area (Å²) < 4.78 is 13.1. The first-order valence-corrected chi connectivity index (χ1v) is 6.92. The lowest BCUT2D eigenvalue weighted by atomic mass is 10.1. The minimum Gasteiger partial charge on any atom is -0.352 e. The molecule has 2 fully saturated rings. The summed E-state index contributed by atoms with van der Waals surface area (Å²) in [5.74, 6) is -0.466. The van der Waals surface area contributed by atoms with Crippen molar-refractivity contribution in [1.82, 2.24) is 9.88 Å². The first-order chi connectivity index (χ1) is 9.56. The zero-order chi connectivity index (χ0) is 14.3. The molecule has 5 heteroatoms. The number of hydrogen-bond donors (Lipinski definition) is 0. The van der Waals surface area contributed by atoms with Crippen LogP contribution in [-0.4, -0.2) is 41.0 Å². The van der Waals surface area contributed by atoms with E-state index >= 15 is 0 Å². The van der Waals surface area contributed by atoms with Gasteiger partial charge in [-0.05, 0) is 31.9 Å². The van der Waals surface area contributed by atoms with Crippen LogP contribution >= 0.6 is 0 Å². The zero-order valence-electron chi connectivity index (χ0n) is 11.6. The molecule has 0 N–H and O–H groups in total. The fraction of sp³-hybridized carbons (Fsp3) is 0.467. The van der Waals surface area contributed by atoms with Gasteiger partial charge in [-0.2, -0.15) is 0 Å². The summed E-state index contributed by atoms with van der Waals surface area (Å²) in [7, 11) is 0. The van der Waals surface area contributed by atoms with Gasteiger partial charge in [0.25, 0.3) is 5.91 Å². The molecule has 3 rings (SSSR count). The molecule has 2 saturated heterocycles. The highest BCUT2D eigenvalue weighted by molar-refractivity contribution is 5.91. The Balaban J connectivity index is 1.80. The van der Waals surface area contributed by atoms with Gasteiger partial charge in [-0.25, -0.2) is 9.37 Å². The third-order valence-corrected chi connectivity index (χ3v) is 4.15. The summed E-state index contributed by atoms with van der Waals surface area (Å²) in [5.41, 5.74) is 0.977. The molecule has 0 radical (unpaired) electrons. The largest absolute Gasteiger partial charge is 0.352 e. The van der Waals surface area contributed by atoms with E-state index < -0.39 is 11.7 Å². The Morgan fingerprint density at radius 1 is 1.35 bits per heavy atom. The van der Waals surface area contributed by atoms with Crippen molar-refractivity contribution in [2.75, 3.05) is 18.0 Å². The summed E-state index contributed by atoms with van der Waals surface area (Å²) in [6, 6.07) is 6.07. The molecule has 1 aromatic rings. The topological polar surface area (TPSA) is 36.4 Å². The van der Waals surface area contributed by atoms with Crippen LogP contribution in [-0.2, 0) is 4.79 Å². The summed E-state index contributed by atoms with van der Waals surface area (Å²) in [4.78, 5) is 20.3. The van der Waals surface area contributed by atoms with E-state index in [1.807, 2.05) is 25.1 Å². The fourth-order valence-corrected chi connectivity index (χ4v) is 3.27. The highest BCUT2D eigenvalue weighted by Gasteiger charge is 2.43. The van der Waals surface area contributed by atoms with Gasteiger partial charge >= 0.3 is 0 Å². The molecule has 2 bridgehead atoms. The smallest absolute Gasteiger partial charge is 0.282 e. The van der Waals surface area contributed by atoms with Crippen molar-refractivity contribution in [1.29, 1.82) is 0 Å². The number of aryl methyl sites for hydroxylation is 1. The third kappa shape index (κ3) is 2.17. The van der Waals surface area contributed by atoms with Crippen LogP contribution in [0.5, 0.6) is 0 Å². The summed E-state index contributed by atoms with van der Waals surface area (Å²) in [5, 5.41) is 0. The van der Waals surface area contributed by atoms with E-state index in [-0.39, 0.29) is 12.1 Å². The number of anilines is 1. The van der Waals surface area contributed by atoms with Crippen LogP contribution in [0.25, 0.3) is 0 Å². The molecular formula is C15H18FN3O. The van der Waals surface area contributed by atoms with Gasteiger partial charge in [-0.3, -0.25) is 4.79 Å². The van der Waals surface area contributed by atoms with E-state index in [1.165, 1.54) is 0 Å². The van der Waals surface area contributed by atoms with Crippen molar-refractivity contribution in [3.8, 4) is 0 Å². The van der Waals surface area contributed by atoms with E-state index in [9.17, 15) is 9.18 Å². The Labute approximate surface area is 117 Å². The maximum Gasteiger partial charge on any atom is 0.282 e. The van der Waals surface area contributed by atoms with Crippen molar-refractivity contribution < 1.29 is 9.18 Å². The van der Waals surface area contributed by atoms with Gasteiger partial charge in [0.2, 0.25) is 0 Å². The second kappa shape index (κ2) is 4.89. The van der Waals surface area contributed by atoms with E-state index in [0.29, 0.717) is 13.1 Å². The molecule has 0 aromatic carbocycles. The molecule has 2 atom stereocenters. The van der Waals surface area contributed by atoms with Crippen molar-refractivity contribution in [3.63, 3.8) is 0 Å². The number of carbonyl (C=O) groups excluding carboxylic acids is 1. The van der Waals surface area contributed by atoms with Gasteiger partial charge in [0.1, 0.15) is 5.82 Å². The number of fused-ring (bicyclic) bond motifs is 2. The maximum atomic E-state index is 13.1. The van der Waals surface area contributed by atoms with E-state index in [4.69, 9.17) is 0 Å². The second-order valence-corrected chi connectivity index (χ2v) is 5.54. The lowest BCUT2D eigenvalue weighted by Gasteiger charge is -2.41. The molecule has 2 aliphatic rings. The minimum atomic E-state index is -0.857. The highest BCUT2D eigenvalue weighted by Crippen LogP contribution is 2.33. The zero-order valence-corrected chi connectivity index (χ0v) is 11.6. The number of hydrogen-bond acceptors (Lipinski definition) is 3. The molecule has 0 aliphatic carbocycles. The lowest BCUT2D eigenvalue weighted by Crippen LogP contribution is -2.56. The average molecular weight is 275 g/mol. The Bertz CT molecular complexity index is 546. The molecule has 2 unspecified atom stereocenters. The Kier molecular flexibility index (Phi) is 3.20. The van der Waals surface area contributed by atoms with E-state index in [1.54, 1.807) is 4.90 Å². The van der Waals surface area contributed by atoms with Crippen molar-refractivity contribution in [2.45, 2.75) is 31.8 Å².